The molecule has 0 bridgehead atoms. The predicted octanol–water partition coefficient (Wildman–Crippen LogP) is 6.47. The van der Waals surface area contributed by atoms with E-state index in [9.17, 15) is 9.90 Å². The molecule has 2 aliphatic rings. The molecule has 1 aliphatic carbocycles. The average Bonchev–Trinajstić information content (AvgIpc) is 3.58. The number of carboxylic acid groups (broad SMARTS) is 1. The summed E-state index contributed by atoms with van der Waals surface area (Å²) < 4.78 is 17.1. The van der Waals surface area contributed by atoms with E-state index in [0.717, 1.165) is 28.0 Å². The zero-order valence-electron chi connectivity index (χ0n) is 30.0. The second-order valence-corrected chi connectivity index (χ2v) is 15.5. The molecule has 9 heteroatoms. The van der Waals surface area contributed by atoms with E-state index >= 15 is 4.79 Å². The van der Waals surface area contributed by atoms with Crippen molar-refractivity contribution in [2.75, 3.05) is 21.3 Å². The van der Waals surface area contributed by atoms with Crippen LogP contribution in [0.5, 0.6) is 17.4 Å². The third-order valence-corrected chi connectivity index (χ3v) is 10.4. The molecule has 258 valence electrons. The molecular weight excluding hydrogens is 606 g/mol. The van der Waals surface area contributed by atoms with Crippen molar-refractivity contribution in [1.82, 2.24) is 15.2 Å². The monoisotopic (exact) mass is 657 g/mol. The van der Waals surface area contributed by atoms with Crippen LogP contribution in [0.1, 0.15) is 88.7 Å². The lowest BCUT2D eigenvalue weighted by Gasteiger charge is -2.38. The molecular formula is C39H51N3O6. The minimum atomic E-state index is -1.13. The number of aromatic nitrogens is 1. The number of ether oxygens (including phenoxy) is 3. The summed E-state index contributed by atoms with van der Waals surface area (Å²) in [6, 6.07) is 13.5. The number of amides is 1. The summed E-state index contributed by atoms with van der Waals surface area (Å²) in [6.45, 7) is 15.0. The molecule has 1 saturated heterocycles. The first kappa shape index (κ1) is 35.2. The molecule has 0 unspecified atom stereocenters. The van der Waals surface area contributed by atoms with E-state index in [-0.39, 0.29) is 11.3 Å². The smallest absolute Gasteiger partial charge is 0.326 e. The fourth-order valence-corrected chi connectivity index (χ4v) is 7.88. The van der Waals surface area contributed by atoms with Crippen molar-refractivity contribution in [3.05, 3.63) is 82.5 Å². The highest BCUT2D eigenvalue weighted by molar-refractivity contribution is 5.94. The van der Waals surface area contributed by atoms with Crippen LogP contribution in [0.25, 0.3) is 0 Å². The molecule has 2 heterocycles. The Morgan fingerprint density at radius 2 is 1.73 bits per heavy atom. The van der Waals surface area contributed by atoms with Crippen LogP contribution < -0.4 is 19.5 Å². The number of aryl methyl sites for hydroxylation is 1. The van der Waals surface area contributed by atoms with Crippen LogP contribution in [0, 0.1) is 11.3 Å². The van der Waals surface area contributed by atoms with Gasteiger partial charge in [0.25, 0.3) is 0 Å². The largest absolute Gasteiger partial charge is 0.497 e. The number of aliphatic carboxylic acids is 1. The number of hydrogen-bond donors (Lipinski definition) is 2. The highest BCUT2D eigenvalue weighted by Gasteiger charge is 2.61. The van der Waals surface area contributed by atoms with Crippen LogP contribution in [-0.4, -0.2) is 60.3 Å². The third-order valence-electron chi connectivity index (χ3n) is 10.4. The molecule has 48 heavy (non-hydrogen) atoms. The molecule has 2 N–H and O–H groups in total. The lowest BCUT2D eigenvalue weighted by Crippen LogP contribution is -2.52. The van der Waals surface area contributed by atoms with E-state index in [0.29, 0.717) is 36.6 Å². The van der Waals surface area contributed by atoms with Crippen LogP contribution in [0.15, 0.2) is 54.7 Å². The summed E-state index contributed by atoms with van der Waals surface area (Å²) in [4.78, 5) is 35.0. The van der Waals surface area contributed by atoms with Gasteiger partial charge in [-0.2, -0.15) is 0 Å². The average molecular weight is 658 g/mol. The lowest BCUT2D eigenvalue weighted by molar-refractivity contribution is -0.154. The summed E-state index contributed by atoms with van der Waals surface area (Å²) in [6.07, 6.45) is 2.91. The number of nitrogens with one attached hydrogen (secondary N) is 1. The summed E-state index contributed by atoms with van der Waals surface area (Å²) in [5, 5.41) is 14.8. The van der Waals surface area contributed by atoms with Crippen molar-refractivity contribution < 1.29 is 28.9 Å². The van der Waals surface area contributed by atoms with Crippen LogP contribution >= 0.6 is 0 Å². The molecule has 0 spiro atoms. The van der Waals surface area contributed by atoms with Crippen LogP contribution in [0.4, 0.5) is 0 Å². The predicted molar refractivity (Wildman–Crippen MR) is 186 cm³/mol. The molecule has 0 saturated carbocycles. The van der Waals surface area contributed by atoms with E-state index in [2.05, 4.69) is 43.2 Å². The Labute approximate surface area is 285 Å². The number of fused-ring (bicyclic) bond motifs is 1. The maximum atomic E-state index is 15.3. The van der Waals surface area contributed by atoms with Gasteiger partial charge >= 0.3 is 5.97 Å². The normalized spacial score (nSPS) is 23.9. The Bertz CT molecular complexity index is 1670. The van der Waals surface area contributed by atoms with Gasteiger partial charge in [0, 0.05) is 35.8 Å². The molecule has 1 aromatic heterocycles. The number of carbonyl (C=O) groups excluding carboxylic acids is 1. The fraction of sp³-hybridized carbons (Fsp3) is 0.513. The van der Waals surface area contributed by atoms with Crippen molar-refractivity contribution >= 4 is 11.9 Å². The van der Waals surface area contributed by atoms with Gasteiger partial charge in [-0.15, -0.1) is 0 Å². The summed E-state index contributed by atoms with van der Waals surface area (Å²) in [5.41, 5.74) is 3.16. The minimum absolute atomic E-state index is 0.0821. The number of methoxy groups -OCH3 is 3. The van der Waals surface area contributed by atoms with Gasteiger partial charge in [-0.25, -0.2) is 9.78 Å². The third kappa shape index (κ3) is 6.25. The van der Waals surface area contributed by atoms with Gasteiger partial charge in [0.05, 0.1) is 32.8 Å². The number of carboxylic acids is 1. The zero-order valence-corrected chi connectivity index (χ0v) is 30.0. The highest BCUT2D eigenvalue weighted by Crippen LogP contribution is 2.53. The van der Waals surface area contributed by atoms with E-state index in [1.165, 1.54) is 0 Å². The number of nitrogens with zero attached hydrogens (tertiary/aromatic N) is 2. The lowest BCUT2D eigenvalue weighted by atomic mass is 9.72. The fourth-order valence-electron chi connectivity index (χ4n) is 7.88. The van der Waals surface area contributed by atoms with Crippen molar-refractivity contribution in [2.45, 2.75) is 96.8 Å². The molecule has 5 rings (SSSR count). The number of hydrogen-bond acceptors (Lipinski definition) is 7. The molecule has 1 aliphatic heterocycles. The van der Waals surface area contributed by atoms with E-state index < -0.39 is 40.8 Å². The van der Waals surface area contributed by atoms with Gasteiger partial charge < -0.3 is 29.5 Å². The number of rotatable bonds is 9. The molecule has 1 fully saturated rings. The number of likely N-dealkylation sites (tertiary alicyclic amines) is 1. The van der Waals surface area contributed by atoms with E-state index in [4.69, 9.17) is 14.2 Å². The Morgan fingerprint density at radius 1 is 1.00 bits per heavy atom. The SMILES string of the molecule is COc1ccc2c(c1)[C@](C)(C(=O)N1[C@H](C(=O)O)[C@@H](C(C)(C)C)[C@H](NCc3cc(C(C)(C)C)ccc3OC)[C@@H]1c1cccnc1OC)CC2. The number of pyridine rings is 1. The summed E-state index contributed by atoms with van der Waals surface area (Å²) in [5.74, 6) is -0.000903. The van der Waals surface area contributed by atoms with Crippen molar-refractivity contribution in [3.8, 4) is 17.4 Å². The minimum Gasteiger partial charge on any atom is -0.497 e. The van der Waals surface area contributed by atoms with Crippen molar-refractivity contribution in [2.24, 2.45) is 11.3 Å². The summed E-state index contributed by atoms with van der Waals surface area (Å²) in [7, 11) is 4.81. The topological polar surface area (TPSA) is 110 Å². The number of benzene rings is 2. The first-order valence-corrected chi connectivity index (χ1v) is 16.7. The Balaban J connectivity index is 1.70. The van der Waals surface area contributed by atoms with Gasteiger partial charge in [0.15, 0.2) is 0 Å². The van der Waals surface area contributed by atoms with Crippen LogP contribution in [0.2, 0.25) is 0 Å². The first-order valence-electron chi connectivity index (χ1n) is 16.7. The Kier molecular flexibility index (Phi) is 9.58. The second-order valence-electron chi connectivity index (χ2n) is 15.5. The Morgan fingerprint density at radius 3 is 2.33 bits per heavy atom. The van der Waals surface area contributed by atoms with Crippen molar-refractivity contribution in [1.29, 1.82) is 0 Å². The first-order chi connectivity index (χ1) is 22.6. The van der Waals surface area contributed by atoms with Gasteiger partial charge in [-0.1, -0.05) is 59.7 Å². The molecule has 5 atom stereocenters. The van der Waals surface area contributed by atoms with Gasteiger partial charge in [-0.05, 0) is 77.6 Å². The highest BCUT2D eigenvalue weighted by atomic mass is 16.5. The quantitative estimate of drug-likeness (QED) is 0.270. The zero-order chi connectivity index (χ0) is 35.2. The van der Waals surface area contributed by atoms with Crippen molar-refractivity contribution in [3.63, 3.8) is 0 Å². The molecule has 3 aromatic rings. The number of carbonyl (C=O) groups is 2. The maximum Gasteiger partial charge on any atom is 0.326 e. The van der Waals surface area contributed by atoms with E-state index in [1.807, 2.05) is 64.1 Å². The van der Waals surface area contributed by atoms with Gasteiger partial charge in [-0.3, -0.25) is 4.79 Å². The Hall–Kier alpha value is -4.11. The summed E-state index contributed by atoms with van der Waals surface area (Å²) >= 11 is 0. The van der Waals surface area contributed by atoms with Crippen LogP contribution in [-0.2, 0) is 33.4 Å². The van der Waals surface area contributed by atoms with Gasteiger partial charge in [0.1, 0.15) is 17.5 Å². The standard InChI is InChI=1S/C39H51N3O6/c1-37(2,3)25-14-16-29(47-9)24(20-25)22-41-31-30(38(4,5)6)33(35(43)44)42(32(31)27-12-11-19-40-34(27)48-10)36(45)39(7)18-17-23-13-15-26(46-8)21-28(23)39/h11-16,19-21,30-33,41H,17-18,22H2,1-10H3,(H,43,44)/t30-,31-,32-,33-,39+/m0/s1. The van der Waals surface area contributed by atoms with E-state index in [1.54, 1.807) is 32.4 Å². The maximum absolute atomic E-state index is 15.3. The van der Waals surface area contributed by atoms with Gasteiger partial charge in [0.2, 0.25) is 11.8 Å². The second kappa shape index (κ2) is 13.1. The molecule has 0 radical (unpaired) electrons. The molecule has 2 aromatic carbocycles. The molecule has 1 amide bonds. The molecule has 9 nitrogen and oxygen atoms in total. The van der Waals surface area contributed by atoms with Crippen LogP contribution in [0.3, 0.4) is 0 Å².